The third-order valence-corrected chi connectivity index (χ3v) is 11.0. The molecule has 0 spiro atoms. The van der Waals surface area contributed by atoms with Gasteiger partial charge in [0, 0.05) is 12.8 Å². The van der Waals surface area contributed by atoms with Crippen molar-refractivity contribution in [2.75, 3.05) is 0 Å². The van der Waals surface area contributed by atoms with Gasteiger partial charge in [-0.05, 0) is 90.8 Å². The smallest absolute Gasteiger partial charge is 0.133 e. The molecule has 2 N–H and O–H groups in total. The van der Waals surface area contributed by atoms with Crippen LogP contribution in [0.5, 0.6) is 0 Å². The first-order valence-electron chi connectivity index (χ1n) is 13.4. The second-order valence-corrected chi connectivity index (χ2v) is 13.1. The van der Waals surface area contributed by atoms with Crippen molar-refractivity contribution in [2.45, 2.75) is 117 Å². The zero-order valence-corrected chi connectivity index (χ0v) is 20.8. The summed E-state index contributed by atoms with van der Waals surface area (Å²) < 4.78 is 0. The first kappa shape index (κ1) is 23.7. The van der Waals surface area contributed by atoms with E-state index in [4.69, 9.17) is 0 Å². The Kier molecular flexibility index (Phi) is 6.70. The van der Waals surface area contributed by atoms with E-state index in [2.05, 4.69) is 34.6 Å². The highest BCUT2D eigenvalue weighted by Crippen LogP contribution is 2.67. The molecule has 0 bridgehead atoms. The summed E-state index contributed by atoms with van der Waals surface area (Å²) in [5.41, 5.74) is 0.374. The normalized spacial score (nSPS) is 48.6. The average molecular weight is 433 g/mol. The number of carbonyl (C=O) groups is 1. The van der Waals surface area contributed by atoms with Gasteiger partial charge in [0.1, 0.15) is 5.78 Å². The molecule has 3 heteroatoms. The Hall–Kier alpha value is -0.410. The van der Waals surface area contributed by atoms with Gasteiger partial charge in [-0.15, -0.1) is 0 Å². The van der Waals surface area contributed by atoms with Gasteiger partial charge in [0.15, 0.2) is 0 Å². The van der Waals surface area contributed by atoms with E-state index in [1.54, 1.807) is 0 Å². The summed E-state index contributed by atoms with van der Waals surface area (Å²) >= 11 is 0. The summed E-state index contributed by atoms with van der Waals surface area (Å²) in [6.07, 6.45) is 10.5. The van der Waals surface area contributed by atoms with Crippen molar-refractivity contribution in [1.29, 1.82) is 0 Å². The molecule has 4 aliphatic rings. The van der Waals surface area contributed by atoms with Gasteiger partial charge in [-0.1, -0.05) is 53.9 Å². The fourth-order valence-electron chi connectivity index (χ4n) is 9.28. The predicted octanol–water partition coefficient (Wildman–Crippen LogP) is 6.01. The number of hydrogen-bond donors (Lipinski definition) is 2. The summed E-state index contributed by atoms with van der Waals surface area (Å²) in [5, 5.41) is 20.9. The quantitative estimate of drug-likeness (QED) is 0.559. The molecular weight excluding hydrogens is 384 g/mol. The molecule has 31 heavy (non-hydrogen) atoms. The summed E-state index contributed by atoms with van der Waals surface area (Å²) in [4.78, 5) is 13.1. The van der Waals surface area contributed by atoms with E-state index in [9.17, 15) is 15.0 Å². The Labute approximate surface area is 190 Å². The van der Waals surface area contributed by atoms with E-state index in [0.29, 0.717) is 48.2 Å². The molecule has 0 radical (unpaired) electrons. The highest BCUT2D eigenvalue weighted by Gasteiger charge is 2.61. The lowest BCUT2D eigenvalue weighted by atomic mass is 9.48. The Balaban J connectivity index is 1.55. The second-order valence-electron chi connectivity index (χ2n) is 13.1. The van der Waals surface area contributed by atoms with E-state index in [-0.39, 0.29) is 11.3 Å². The SMILES string of the molecule is CC(C)CCC[C@@H](C)[C@H]1CC[C@H]2[C@@H]3CC(=O)C[C@H]4C[C@H](O)[C@H](O)C[C@]4(C)[C@H]3CC[C@]12C. The number of ketones is 1. The monoisotopic (exact) mass is 432 g/mol. The number of Topliss-reactive ketones (excluding diaryl/α,β-unsaturated/α-hetero) is 1. The molecule has 0 unspecified atom stereocenters. The fourth-order valence-corrected chi connectivity index (χ4v) is 9.28. The molecule has 0 amide bonds. The Bertz CT molecular complexity index is 659. The van der Waals surface area contributed by atoms with Crippen LogP contribution in [-0.4, -0.2) is 28.2 Å². The van der Waals surface area contributed by atoms with Crippen molar-refractivity contribution in [3.8, 4) is 0 Å². The maximum atomic E-state index is 13.1. The van der Waals surface area contributed by atoms with Crippen LogP contribution in [0.2, 0.25) is 0 Å². The van der Waals surface area contributed by atoms with Crippen LogP contribution in [0.1, 0.15) is 105 Å². The highest BCUT2D eigenvalue weighted by molar-refractivity contribution is 5.79. The first-order chi connectivity index (χ1) is 14.6. The number of carbonyl (C=O) groups excluding carboxylic acids is 1. The molecule has 0 saturated heterocycles. The molecular formula is C28H48O3. The Morgan fingerprint density at radius 3 is 2.35 bits per heavy atom. The molecule has 0 heterocycles. The summed E-state index contributed by atoms with van der Waals surface area (Å²) in [5.74, 6) is 4.70. The minimum Gasteiger partial charge on any atom is -0.390 e. The Morgan fingerprint density at radius 1 is 0.935 bits per heavy atom. The van der Waals surface area contributed by atoms with Crippen LogP contribution in [0.4, 0.5) is 0 Å². The van der Waals surface area contributed by atoms with Crippen LogP contribution in [0.3, 0.4) is 0 Å². The van der Waals surface area contributed by atoms with E-state index in [1.165, 1.54) is 44.9 Å². The zero-order chi connectivity index (χ0) is 22.6. The molecule has 4 fully saturated rings. The van der Waals surface area contributed by atoms with Gasteiger partial charge in [0.25, 0.3) is 0 Å². The second kappa shape index (κ2) is 8.75. The van der Waals surface area contributed by atoms with Crippen LogP contribution in [0, 0.1) is 52.3 Å². The maximum absolute atomic E-state index is 13.1. The van der Waals surface area contributed by atoms with Crippen LogP contribution in [0.25, 0.3) is 0 Å². The van der Waals surface area contributed by atoms with Gasteiger partial charge in [-0.2, -0.15) is 0 Å². The number of aliphatic hydroxyl groups excluding tert-OH is 2. The number of aliphatic hydroxyl groups is 2. The molecule has 4 saturated carbocycles. The van der Waals surface area contributed by atoms with Crippen LogP contribution >= 0.6 is 0 Å². The predicted molar refractivity (Wildman–Crippen MR) is 125 cm³/mol. The van der Waals surface area contributed by atoms with Gasteiger partial charge in [-0.3, -0.25) is 4.79 Å². The van der Waals surface area contributed by atoms with Crippen LogP contribution in [0.15, 0.2) is 0 Å². The highest BCUT2D eigenvalue weighted by atomic mass is 16.3. The lowest BCUT2D eigenvalue weighted by molar-refractivity contribution is -0.129. The number of hydrogen-bond acceptors (Lipinski definition) is 3. The van der Waals surface area contributed by atoms with Crippen molar-refractivity contribution in [3.05, 3.63) is 0 Å². The molecule has 0 aromatic carbocycles. The van der Waals surface area contributed by atoms with Gasteiger partial charge in [0.05, 0.1) is 12.2 Å². The molecule has 0 aromatic heterocycles. The zero-order valence-electron chi connectivity index (χ0n) is 20.8. The maximum Gasteiger partial charge on any atom is 0.133 e. The minimum atomic E-state index is -0.654. The van der Waals surface area contributed by atoms with Gasteiger partial charge >= 0.3 is 0 Å². The van der Waals surface area contributed by atoms with Crippen molar-refractivity contribution in [3.63, 3.8) is 0 Å². The minimum absolute atomic E-state index is 0.00221. The molecule has 4 aliphatic carbocycles. The molecule has 3 nitrogen and oxygen atoms in total. The van der Waals surface area contributed by atoms with E-state index < -0.39 is 12.2 Å². The number of rotatable bonds is 5. The van der Waals surface area contributed by atoms with E-state index >= 15 is 0 Å². The summed E-state index contributed by atoms with van der Waals surface area (Å²) in [7, 11) is 0. The topological polar surface area (TPSA) is 57.5 Å². The van der Waals surface area contributed by atoms with Gasteiger partial charge in [0.2, 0.25) is 0 Å². The van der Waals surface area contributed by atoms with Crippen molar-refractivity contribution < 1.29 is 15.0 Å². The fraction of sp³-hybridized carbons (Fsp3) is 0.964. The molecule has 4 rings (SSSR count). The lowest BCUT2D eigenvalue weighted by Crippen LogP contribution is -2.53. The van der Waals surface area contributed by atoms with Crippen molar-refractivity contribution in [1.82, 2.24) is 0 Å². The average Bonchev–Trinajstić information content (AvgIpc) is 2.98. The van der Waals surface area contributed by atoms with Crippen LogP contribution in [-0.2, 0) is 4.79 Å². The molecule has 178 valence electrons. The van der Waals surface area contributed by atoms with Crippen molar-refractivity contribution in [2.24, 2.45) is 52.3 Å². The van der Waals surface area contributed by atoms with E-state index in [0.717, 1.165) is 24.2 Å². The molecule has 0 aromatic rings. The van der Waals surface area contributed by atoms with Gasteiger partial charge < -0.3 is 10.2 Å². The van der Waals surface area contributed by atoms with E-state index in [1.807, 2.05) is 0 Å². The standard InChI is InChI=1S/C28H48O3/c1-17(2)7-6-8-18(3)22-9-10-23-21-15-20(29)13-19-14-25(30)26(31)16-28(19,5)24(21)11-12-27(22,23)4/h17-19,21-26,30-31H,6-16H2,1-5H3/t18-,19+,21+,22-,23+,24+,25+,26-,27-,28+/m1/s1. The summed E-state index contributed by atoms with van der Waals surface area (Å²) in [6, 6.07) is 0. The largest absolute Gasteiger partial charge is 0.390 e. The first-order valence-corrected chi connectivity index (χ1v) is 13.4. The third kappa shape index (κ3) is 4.16. The third-order valence-electron chi connectivity index (χ3n) is 11.0. The lowest BCUT2D eigenvalue weighted by Gasteiger charge is -2.57. The Morgan fingerprint density at radius 2 is 1.65 bits per heavy atom. The molecule has 10 atom stereocenters. The van der Waals surface area contributed by atoms with Gasteiger partial charge in [-0.25, -0.2) is 0 Å². The summed E-state index contributed by atoms with van der Waals surface area (Å²) in [6.45, 7) is 12.1. The van der Waals surface area contributed by atoms with Crippen LogP contribution < -0.4 is 0 Å². The number of fused-ring (bicyclic) bond motifs is 5. The molecule has 0 aliphatic heterocycles. The van der Waals surface area contributed by atoms with Crippen molar-refractivity contribution >= 4 is 5.78 Å².